The zero-order valence-electron chi connectivity index (χ0n) is 17.7. The van der Waals surface area contributed by atoms with Crippen molar-refractivity contribution in [1.29, 1.82) is 0 Å². The number of fused-ring (bicyclic) bond motifs is 1. The second kappa shape index (κ2) is 8.13. The number of nitrogens with zero attached hydrogens (tertiary/aromatic N) is 5. The van der Waals surface area contributed by atoms with E-state index in [-0.39, 0.29) is 17.8 Å². The van der Waals surface area contributed by atoms with Gasteiger partial charge in [-0.25, -0.2) is 14.6 Å². The first-order valence-electron chi connectivity index (χ1n) is 10.6. The lowest BCUT2D eigenvalue weighted by Crippen LogP contribution is -2.54. The Hall–Kier alpha value is -3.23. The van der Waals surface area contributed by atoms with E-state index in [4.69, 9.17) is 5.10 Å². The molecular weight excluding hydrogens is 393 g/mol. The molecule has 3 aromatic rings. The molecule has 0 radical (unpaired) electrons. The van der Waals surface area contributed by atoms with Crippen LogP contribution in [0.5, 0.6) is 0 Å². The molecular formula is C23H26FN7. The number of halogens is 1. The molecule has 8 heteroatoms. The molecule has 0 spiro atoms. The molecule has 2 aliphatic rings. The highest BCUT2D eigenvalue weighted by Gasteiger charge is 2.39. The van der Waals surface area contributed by atoms with Gasteiger partial charge in [-0.15, -0.1) is 10.6 Å². The van der Waals surface area contributed by atoms with E-state index in [1.807, 2.05) is 35.0 Å². The lowest BCUT2D eigenvalue weighted by molar-refractivity contribution is 0.145. The first-order chi connectivity index (χ1) is 15.1. The number of piperazine rings is 1. The average Bonchev–Trinajstić information content (AvgIpc) is 3.43. The Labute approximate surface area is 181 Å². The number of hydrazone groups is 1. The molecule has 2 N–H and O–H groups in total. The van der Waals surface area contributed by atoms with Gasteiger partial charge < -0.3 is 0 Å². The number of para-hydroxylation sites is 1. The Balaban J connectivity index is 1.57. The van der Waals surface area contributed by atoms with Crippen LogP contribution in [0.3, 0.4) is 0 Å². The van der Waals surface area contributed by atoms with Crippen LogP contribution in [0.25, 0.3) is 5.69 Å². The molecule has 1 saturated heterocycles. The molecule has 2 aromatic carbocycles. The highest BCUT2D eigenvalue weighted by molar-refractivity contribution is 5.89. The summed E-state index contributed by atoms with van der Waals surface area (Å²) >= 11 is 0. The molecule has 7 nitrogen and oxygen atoms in total. The molecule has 1 fully saturated rings. The monoisotopic (exact) mass is 419 g/mol. The number of benzene rings is 2. The van der Waals surface area contributed by atoms with Crippen molar-refractivity contribution in [3.8, 4) is 5.69 Å². The predicted molar refractivity (Wildman–Crippen MR) is 118 cm³/mol. The SMILES string of the molecule is CC(C)c1nn(-c2ccccc2)cc1C1C2=NNNN2CCN1Cc1ccc(F)cc1. The van der Waals surface area contributed by atoms with E-state index in [1.54, 1.807) is 0 Å². The van der Waals surface area contributed by atoms with Crippen LogP contribution in [-0.2, 0) is 6.54 Å². The van der Waals surface area contributed by atoms with Crippen LogP contribution in [0.2, 0.25) is 0 Å². The molecule has 0 saturated carbocycles. The van der Waals surface area contributed by atoms with Gasteiger partial charge in [0, 0.05) is 24.8 Å². The minimum atomic E-state index is -0.218. The van der Waals surface area contributed by atoms with E-state index >= 15 is 0 Å². The molecule has 0 aliphatic carbocycles. The minimum absolute atomic E-state index is 0.0730. The molecule has 5 rings (SSSR count). The Morgan fingerprint density at radius 2 is 1.84 bits per heavy atom. The van der Waals surface area contributed by atoms with E-state index in [1.165, 1.54) is 12.1 Å². The topological polar surface area (TPSA) is 60.7 Å². The van der Waals surface area contributed by atoms with Crippen molar-refractivity contribution < 1.29 is 4.39 Å². The van der Waals surface area contributed by atoms with Gasteiger partial charge in [0.1, 0.15) is 11.9 Å². The number of rotatable bonds is 5. The normalized spacial score (nSPS) is 18.8. The van der Waals surface area contributed by atoms with E-state index in [0.717, 1.165) is 41.4 Å². The highest BCUT2D eigenvalue weighted by Crippen LogP contribution is 2.34. The molecule has 31 heavy (non-hydrogen) atoms. The lowest BCUT2D eigenvalue weighted by Gasteiger charge is -2.40. The summed E-state index contributed by atoms with van der Waals surface area (Å²) in [5.74, 6) is 0.957. The largest absolute Gasteiger partial charge is 0.283 e. The fourth-order valence-corrected chi connectivity index (χ4v) is 4.26. The Morgan fingerprint density at radius 3 is 2.58 bits per heavy atom. The number of hydrogen-bond acceptors (Lipinski definition) is 6. The Bertz CT molecular complexity index is 1080. The van der Waals surface area contributed by atoms with Crippen LogP contribution in [0, 0.1) is 5.82 Å². The number of hydrazine groups is 2. The van der Waals surface area contributed by atoms with Gasteiger partial charge >= 0.3 is 0 Å². The third-order valence-corrected chi connectivity index (χ3v) is 5.79. The average molecular weight is 420 g/mol. The summed E-state index contributed by atoms with van der Waals surface area (Å²) < 4.78 is 15.4. The maximum atomic E-state index is 13.4. The van der Waals surface area contributed by atoms with Gasteiger partial charge in [-0.3, -0.25) is 9.91 Å². The fourth-order valence-electron chi connectivity index (χ4n) is 4.26. The van der Waals surface area contributed by atoms with Gasteiger partial charge in [0.05, 0.1) is 17.9 Å². The lowest BCUT2D eigenvalue weighted by atomic mass is 9.96. The smallest absolute Gasteiger partial charge is 0.164 e. The van der Waals surface area contributed by atoms with Gasteiger partial charge in [0.25, 0.3) is 0 Å². The van der Waals surface area contributed by atoms with Gasteiger partial charge in [0.2, 0.25) is 0 Å². The predicted octanol–water partition coefficient (Wildman–Crippen LogP) is 3.33. The maximum Gasteiger partial charge on any atom is 0.164 e. The summed E-state index contributed by atoms with van der Waals surface area (Å²) in [6.45, 7) is 6.67. The summed E-state index contributed by atoms with van der Waals surface area (Å²) in [5, 5.41) is 11.5. The number of aromatic nitrogens is 2. The van der Waals surface area contributed by atoms with Crippen molar-refractivity contribution in [3.05, 3.63) is 83.4 Å². The first kappa shape index (κ1) is 19.7. The van der Waals surface area contributed by atoms with Gasteiger partial charge in [0.15, 0.2) is 5.84 Å². The zero-order valence-corrected chi connectivity index (χ0v) is 17.7. The number of amidine groups is 1. The van der Waals surface area contributed by atoms with Crippen LogP contribution in [0.15, 0.2) is 65.9 Å². The molecule has 1 atom stereocenters. The van der Waals surface area contributed by atoms with Gasteiger partial charge in [-0.1, -0.05) is 44.2 Å². The van der Waals surface area contributed by atoms with E-state index in [0.29, 0.717) is 6.54 Å². The highest BCUT2D eigenvalue weighted by atomic mass is 19.1. The summed E-state index contributed by atoms with van der Waals surface area (Å²) in [5.41, 5.74) is 10.3. The molecule has 0 amide bonds. The quantitative estimate of drug-likeness (QED) is 0.664. The van der Waals surface area contributed by atoms with Crippen molar-refractivity contribution in [2.75, 3.05) is 13.1 Å². The minimum Gasteiger partial charge on any atom is -0.283 e. The molecule has 0 bridgehead atoms. The Morgan fingerprint density at radius 1 is 1.06 bits per heavy atom. The van der Waals surface area contributed by atoms with Gasteiger partial charge in [-0.2, -0.15) is 5.10 Å². The van der Waals surface area contributed by atoms with Crippen molar-refractivity contribution in [2.45, 2.75) is 32.4 Å². The summed E-state index contributed by atoms with van der Waals surface area (Å²) in [7, 11) is 0. The number of hydrogen-bond donors (Lipinski definition) is 2. The Kier molecular flexibility index (Phi) is 5.17. The van der Waals surface area contributed by atoms with E-state index < -0.39 is 0 Å². The third kappa shape index (κ3) is 3.80. The van der Waals surface area contributed by atoms with Crippen LogP contribution in [0.4, 0.5) is 4.39 Å². The van der Waals surface area contributed by atoms with Crippen molar-refractivity contribution in [1.82, 2.24) is 30.8 Å². The number of nitrogens with one attached hydrogen (secondary N) is 2. The third-order valence-electron chi connectivity index (χ3n) is 5.79. The van der Waals surface area contributed by atoms with Crippen LogP contribution in [-0.4, -0.2) is 38.6 Å². The van der Waals surface area contributed by atoms with Crippen molar-refractivity contribution in [3.63, 3.8) is 0 Å². The molecule has 3 heterocycles. The fraction of sp³-hybridized carbons (Fsp3) is 0.304. The molecule has 1 aromatic heterocycles. The van der Waals surface area contributed by atoms with E-state index in [2.05, 4.69) is 58.3 Å². The van der Waals surface area contributed by atoms with Crippen LogP contribution in [0.1, 0.15) is 42.6 Å². The maximum absolute atomic E-state index is 13.4. The van der Waals surface area contributed by atoms with Crippen molar-refractivity contribution in [2.24, 2.45) is 5.10 Å². The summed E-state index contributed by atoms with van der Waals surface area (Å²) in [6.07, 6.45) is 2.12. The standard InChI is InChI=1S/C23H26FN7/c1-16(2)21-20(15-31(26-21)19-6-4-3-5-7-19)22-23-25-27-28-30(23)13-12-29(22)14-17-8-10-18(24)11-9-17/h3-11,15-16,22,27-28H,12-14H2,1-2H3. The summed E-state index contributed by atoms with van der Waals surface area (Å²) in [4.78, 5) is 2.38. The zero-order chi connectivity index (χ0) is 21.4. The van der Waals surface area contributed by atoms with Gasteiger partial charge in [-0.05, 0) is 35.7 Å². The first-order valence-corrected chi connectivity index (χ1v) is 10.6. The van der Waals surface area contributed by atoms with Crippen LogP contribution >= 0.6 is 0 Å². The second-order valence-corrected chi connectivity index (χ2v) is 8.25. The molecule has 1 unspecified atom stereocenters. The molecule has 2 aliphatic heterocycles. The van der Waals surface area contributed by atoms with Crippen LogP contribution < -0.4 is 11.1 Å². The van der Waals surface area contributed by atoms with E-state index in [9.17, 15) is 4.39 Å². The second-order valence-electron chi connectivity index (χ2n) is 8.25. The van der Waals surface area contributed by atoms with Crippen molar-refractivity contribution >= 4 is 5.84 Å². The summed E-state index contributed by atoms with van der Waals surface area (Å²) in [6, 6.07) is 16.8. The molecule has 160 valence electrons.